The molecule has 1 aromatic rings. The molecule has 0 saturated heterocycles. The Morgan fingerprint density at radius 3 is 2.67 bits per heavy atom. The lowest BCUT2D eigenvalue weighted by Crippen LogP contribution is -2.39. The van der Waals surface area contributed by atoms with Crippen LogP contribution in [0.2, 0.25) is 0 Å². The van der Waals surface area contributed by atoms with Gasteiger partial charge in [0.05, 0.1) is 19.2 Å². The Bertz CT molecular complexity index is 492. The van der Waals surface area contributed by atoms with Gasteiger partial charge in [-0.25, -0.2) is 0 Å². The summed E-state index contributed by atoms with van der Waals surface area (Å²) in [7, 11) is 0. The van der Waals surface area contributed by atoms with Crippen molar-refractivity contribution in [1.82, 2.24) is 20.3 Å². The molecule has 118 valence electrons. The number of rotatable bonds is 7. The first-order valence-corrected chi connectivity index (χ1v) is 6.84. The Labute approximate surface area is 123 Å². The van der Waals surface area contributed by atoms with Crippen LogP contribution in [0.5, 0.6) is 0 Å². The lowest BCUT2D eigenvalue weighted by atomic mass is 9.87. The van der Waals surface area contributed by atoms with Crippen molar-refractivity contribution in [1.29, 1.82) is 0 Å². The lowest BCUT2D eigenvalue weighted by molar-refractivity contribution is -0.137. The molecule has 8 heteroatoms. The minimum Gasteiger partial charge on any atom is -0.481 e. The fraction of sp³-hybridized carbons (Fsp3) is 0.692. The van der Waals surface area contributed by atoms with E-state index < -0.39 is 17.9 Å². The number of nitrogens with one attached hydrogen (secondary N) is 1. The van der Waals surface area contributed by atoms with Gasteiger partial charge in [-0.15, -0.1) is 5.10 Å². The highest BCUT2D eigenvalue weighted by atomic mass is 16.4. The van der Waals surface area contributed by atoms with Crippen LogP contribution in [0.25, 0.3) is 0 Å². The van der Waals surface area contributed by atoms with Gasteiger partial charge >= 0.3 is 5.97 Å². The second-order valence-electron chi connectivity index (χ2n) is 6.19. The normalized spacial score (nSPS) is 13.0. The fourth-order valence-corrected chi connectivity index (χ4v) is 2.03. The molecule has 0 fully saturated rings. The van der Waals surface area contributed by atoms with Crippen molar-refractivity contribution in [2.45, 2.75) is 46.2 Å². The van der Waals surface area contributed by atoms with Gasteiger partial charge in [0.2, 0.25) is 0 Å². The molecule has 1 unspecified atom stereocenters. The second-order valence-corrected chi connectivity index (χ2v) is 6.19. The largest absolute Gasteiger partial charge is 0.481 e. The van der Waals surface area contributed by atoms with Crippen molar-refractivity contribution in [3.8, 4) is 0 Å². The average Bonchev–Trinajstić information content (AvgIpc) is 2.74. The summed E-state index contributed by atoms with van der Waals surface area (Å²) in [5.74, 6) is -1.37. The maximum atomic E-state index is 12.1. The van der Waals surface area contributed by atoms with Crippen LogP contribution in [0.15, 0.2) is 6.20 Å². The van der Waals surface area contributed by atoms with Crippen LogP contribution in [0.1, 0.15) is 44.1 Å². The van der Waals surface area contributed by atoms with Gasteiger partial charge in [-0.2, -0.15) is 0 Å². The van der Waals surface area contributed by atoms with E-state index >= 15 is 0 Å². The smallest absolute Gasteiger partial charge is 0.305 e. The van der Waals surface area contributed by atoms with E-state index in [1.165, 1.54) is 10.9 Å². The maximum absolute atomic E-state index is 12.1. The molecule has 0 aliphatic carbocycles. The number of carboxylic acids is 1. The summed E-state index contributed by atoms with van der Waals surface area (Å²) < 4.78 is 1.48. The molecule has 0 spiro atoms. The molecule has 0 bridgehead atoms. The summed E-state index contributed by atoms with van der Waals surface area (Å²) in [6, 6.07) is -0.449. The minimum atomic E-state index is -0.948. The molecule has 0 saturated carbocycles. The third-order valence-electron chi connectivity index (χ3n) is 2.74. The first-order valence-electron chi connectivity index (χ1n) is 6.84. The van der Waals surface area contributed by atoms with E-state index in [2.05, 4.69) is 15.6 Å². The van der Waals surface area contributed by atoms with E-state index in [9.17, 15) is 9.59 Å². The van der Waals surface area contributed by atoms with Crippen LogP contribution in [-0.2, 0) is 11.3 Å². The SMILES string of the molecule is CC(C)(C)CC(CC(=O)O)NC(=O)c1cn(CCN)nn1. The predicted octanol–water partition coefficient (Wildman–Crippen LogP) is 0.246. The quantitative estimate of drug-likeness (QED) is 0.662. The van der Waals surface area contributed by atoms with Crippen LogP contribution in [0.3, 0.4) is 0 Å². The standard InChI is InChI=1S/C13H23N5O3/c1-13(2,3)7-9(6-11(19)20)15-12(21)10-8-18(5-4-14)17-16-10/h8-9H,4-7,14H2,1-3H3,(H,15,21)(H,19,20). The van der Waals surface area contributed by atoms with Crippen LogP contribution >= 0.6 is 0 Å². The molecular weight excluding hydrogens is 274 g/mol. The molecule has 1 atom stereocenters. The van der Waals surface area contributed by atoms with E-state index in [1.807, 2.05) is 20.8 Å². The Balaban J connectivity index is 2.71. The van der Waals surface area contributed by atoms with E-state index in [-0.39, 0.29) is 17.5 Å². The number of amides is 1. The molecule has 4 N–H and O–H groups in total. The molecule has 0 aromatic carbocycles. The number of carboxylic acid groups (broad SMARTS) is 1. The molecule has 0 aliphatic heterocycles. The summed E-state index contributed by atoms with van der Waals surface area (Å²) in [5.41, 5.74) is 5.46. The second kappa shape index (κ2) is 7.16. The molecule has 0 aliphatic rings. The van der Waals surface area contributed by atoms with Gasteiger partial charge in [0.15, 0.2) is 5.69 Å². The molecule has 0 radical (unpaired) electrons. The van der Waals surface area contributed by atoms with Gasteiger partial charge < -0.3 is 16.2 Å². The monoisotopic (exact) mass is 297 g/mol. The van der Waals surface area contributed by atoms with Gasteiger partial charge in [0.25, 0.3) is 5.91 Å². The van der Waals surface area contributed by atoms with E-state index in [4.69, 9.17) is 10.8 Å². The van der Waals surface area contributed by atoms with Crippen LogP contribution in [0.4, 0.5) is 0 Å². The van der Waals surface area contributed by atoms with Crippen LogP contribution in [0, 0.1) is 5.41 Å². The lowest BCUT2D eigenvalue weighted by Gasteiger charge is -2.25. The summed E-state index contributed by atoms with van der Waals surface area (Å²) in [6.07, 6.45) is 1.93. The molecule has 1 aromatic heterocycles. The third kappa shape index (κ3) is 6.35. The van der Waals surface area contributed by atoms with Crippen molar-refractivity contribution in [2.75, 3.05) is 6.54 Å². The molecule has 8 nitrogen and oxygen atoms in total. The van der Waals surface area contributed by atoms with Gasteiger partial charge in [-0.05, 0) is 11.8 Å². The van der Waals surface area contributed by atoms with Gasteiger partial charge in [0, 0.05) is 12.6 Å². The van der Waals surface area contributed by atoms with E-state index in [1.54, 1.807) is 0 Å². The Morgan fingerprint density at radius 2 is 2.14 bits per heavy atom. The average molecular weight is 297 g/mol. The number of aliphatic carboxylic acids is 1. The molecular formula is C13H23N5O3. The molecule has 1 amide bonds. The Morgan fingerprint density at radius 1 is 1.48 bits per heavy atom. The zero-order valence-electron chi connectivity index (χ0n) is 12.7. The number of carbonyl (C=O) groups is 2. The van der Waals surface area contributed by atoms with Crippen LogP contribution < -0.4 is 11.1 Å². The molecule has 1 rings (SSSR count). The zero-order chi connectivity index (χ0) is 16.0. The Kier molecular flexibility index (Phi) is 5.83. The molecule has 21 heavy (non-hydrogen) atoms. The van der Waals surface area contributed by atoms with Gasteiger partial charge in [-0.3, -0.25) is 14.3 Å². The number of carbonyl (C=O) groups excluding carboxylic acids is 1. The molecule has 1 heterocycles. The first-order chi connectivity index (χ1) is 9.71. The fourth-order valence-electron chi connectivity index (χ4n) is 2.03. The van der Waals surface area contributed by atoms with Crippen molar-refractivity contribution in [2.24, 2.45) is 11.1 Å². The summed E-state index contributed by atoms with van der Waals surface area (Å²) >= 11 is 0. The summed E-state index contributed by atoms with van der Waals surface area (Å²) in [6.45, 7) is 6.85. The highest BCUT2D eigenvalue weighted by Gasteiger charge is 2.24. The van der Waals surface area contributed by atoms with Gasteiger partial charge in [0.1, 0.15) is 0 Å². The van der Waals surface area contributed by atoms with Crippen molar-refractivity contribution >= 4 is 11.9 Å². The third-order valence-corrected chi connectivity index (χ3v) is 2.74. The zero-order valence-corrected chi connectivity index (χ0v) is 12.7. The van der Waals surface area contributed by atoms with Crippen molar-refractivity contribution < 1.29 is 14.7 Å². The van der Waals surface area contributed by atoms with E-state index in [0.29, 0.717) is 19.5 Å². The van der Waals surface area contributed by atoms with Crippen LogP contribution in [-0.4, -0.2) is 44.6 Å². The minimum absolute atomic E-state index is 0.0927. The van der Waals surface area contributed by atoms with E-state index in [0.717, 1.165) is 0 Å². The van der Waals surface area contributed by atoms with Gasteiger partial charge in [-0.1, -0.05) is 26.0 Å². The summed E-state index contributed by atoms with van der Waals surface area (Å²) in [5, 5.41) is 19.2. The predicted molar refractivity (Wildman–Crippen MR) is 76.7 cm³/mol. The van der Waals surface area contributed by atoms with Crippen molar-refractivity contribution in [3.05, 3.63) is 11.9 Å². The first kappa shape index (κ1) is 17.1. The number of nitrogens with zero attached hydrogens (tertiary/aromatic N) is 3. The number of hydrogen-bond donors (Lipinski definition) is 3. The summed E-state index contributed by atoms with van der Waals surface area (Å²) in [4.78, 5) is 23.0. The maximum Gasteiger partial charge on any atom is 0.305 e. The van der Waals surface area contributed by atoms with Crippen molar-refractivity contribution in [3.63, 3.8) is 0 Å². The topological polar surface area (TPSA) is 123 Å². The number of aromatic nitrogens is 3. The highest BCUT2D eigenvalue weighted by Crippen LogP contribution is 2.22. The highest BCUT2D eigenvalue weighted by molar-refractivity contribution is 5.92. The number of nitrogens with two attached hydrogens (primary N) is 1. The Hall–Kier alpha value is -1.96. The number of hydrogen-bond acceptors (Lipinski definition) is 5.